The average molecular weight is 225 g/mol. The zero-order valence-electron chi connectivity index (χ0n) is 10.7. The largest absolute Gasteiger partial charge is 0.316 e. The van der Waals surface area contributed by atoms with E-state index < -0.39 is 0 Å². The molecule has 3 nitrogen and oxygen atoms in total. The molecule has 1 unspecified atom stereocenters. The van der Waals surface area contributed by atoms with Gasteiger partial charge in [-0.3, -0.25) is 0 Å². The van der Waals surface area contributed by atoms with Gasteiger partial charge in [0.1, 0.15) is 0 Å². The molecule has 3 heteroatoms. The summed E-state index contributed by atoms with van der Waals surface area (Å²) in [5.74, 6) is 0.952. The highest BCUT2D eigenvalue weighted by molar-refractivity contribution is 4.75. The van der Waals surface area contributed by atoms with Crippen molar-refractivity contribution in [3.63, 3.8) is 0 Å². The molecule has 1 N–H and O–H groups in total. The van der Waals surface area contributed by atoms with E-state index in [9.17, 15) is 0 Å². The van der Waals surface area contributed by atoms with Crippen LogP contribution in [0.25, 0.3) is 0 Å². The quantitative estimate of drug-likeness (QED) is 0.753. The van der Waals surface area contributed by atoms with Crippen LogP contribution in [0.3, 0.4) is 0 Å². The van der Waals surface area contributed by atoms with Gasteiger partial charge >= 0.3 is 0 Å². The fourth-order valence-corrected chi connectivity index (χ4v) is 2.88. The first-order chi connectivity index (χ1) is 7.88. The molecule has 2 aliphatic rings. The molecule has 0 aromatic heterocycles. The van der Waals surface area contributed by atoms with Crippen LogP contribution in [0.5, 0.6) is 0 Å². The maximum Gasteiger partial charge on any atom is 0.0110 e. The topological polar surface area (TPSA) is 18.5 Å². The smallest absolute Gasteiger partial charge is 0.0110 e. The van der Waals surface area contributed by atoms with Gasteiger partial charge < -0.3 is 15.1 Å². The molecule has 2 saturated heterocycles. The number of nitrogens with zero attached hydrogens (tertiary/aromatic N) is 2. The lowest BCUT2D eigenvalue weighted by atomic mass is 10.0. The number of nitrogens with one attached hydrogen (secondary N) is 1. The Morgan fingerprint density at radius 2 is 1.75 bits per heavy atom. The molecule has 0 aromatic rings. The monoisotopic (exact) mass is 225 g/mol. The van der Waals surface area contributed by atoms with Crippen molar-refractivity contribution >= 4 is 0 Å². The Morgan fingerprint density at radius 1 is 1.06 bits per heavy atom. The normalized spacial score (nSPS) is 28.7. The second-order valence-corrected chi connectivity index (χ2v) is 5.33. The third kappa shape index (κ3) is 3.72. The third-order valence-electron chi connectivity index (χ3n) is 4.02. The molecule has 0 radical (unpaired) electrons. The van der Waals surface area contributed by atoms with Gasteiger partial charge in [0, 0.05) is 26.2 Å². The fourth-order valence-electron chi connectivity index (χ4n) is 2.88. The van der Waals surface area contributed by atoms with Crippen LogP contribution >= 0.6 is 0 Å². The molecular weight excluding hydrogens is 198 g/mol. The molecule has 2 rings (SSSR count). The van der Waals surface area contributed by atoms with E-state index >= 15 is 0 Å². The number of rotatable bonds is 5. The Labute approximate surface area is 100 Å². The Balaban J connectivity index is 1.57. The molecule has 0 aromatic carbocycles. The minimum Gasteiger partial charge on any atom is -0.316 e. The summed E-state index contributed by atoms with van der Waals surface area (Å²) in [5, 5.41) is 3.46. The van der Waals surface area contributed by atoms with Crippen molar-refractivity contribution in [1.29, 1.82) is 0 Å². The predicted molar refractivity (Wildman–Crippen MR) is 68.8 cm³/mol. The second-order valence-electron chi connectivity index (χ2n) is 5.33. The summed E-state index contributed by atoms with van der Waals surface area (Å²) in [6.07, 6.45) is 4.10. The highest BCUT2D eigenvalue weighted by Crippen LogP contribution is 2.13. The van der Waals surface area contributed by atoms with E-state index in [4.69, 9.17) is 0 Å². The van der Waals surface area contributed by atoms with Gasteiger partial charge in [-0.05, 0) is 51.4 Å². The van der Waals surface area contributed by atoms with Crippen LogP contribution in [0, 0.1) is 5.92 Å². The van der Waals surface area contributed by atoms with E-state index in [-0.39, 0.29) is 0 Å². The lowest BCUT2D eigenvalue weighted by Crippen LogP contribution is -2.46. The van der Waals surface area contributed by atoms with Crippen LogP contribution in [0.4, 0.5) is 0 Å². The van der Waals surface area contributed by atoms with E-state index in [0.29, 0.717) is 0 Å². The first-order valence-electron chi connectivity index (χ1n) is 7.04. The van der Waals surface area contributed by atoms with Gasteiger partial charge in [0.25, 0.3) is 0 Å². The van der Waals surface area contributed by atoms with E-state index in [1.165, 1.54) is 71.6 Å². The van der Waals surface area contributed by atoms with Crippen LogP contribution in [-0.2, 0) is 0 Å². The van der Waals surface area contributed by atoms with Gasteiger partial charge in [-0.25, -0.2) is 0 Å². The highest BCUT2D eigenvalue weighted by Gasteiger charge is 2.19. The molecule has 0 bridgehead atoms. The van der Waals surface area contributed by atoms with Crippen molar-refractivity contribution < 1.29 is 0 Å². The first-order valence-corrected chi connectivity index (χ1v) is 7.04. The molecule has 94 valence electrons. The van der Waals surface area contributed by atoms with Crippen molar-refractivity contribution in [3.05, 3.63) is 0 Å². The van der Waals surface area contributed by atoms with Crippen molar-refractivity contribution in [2.45, 2.75) is 26.2 Å². The third-order valence-corrected chi connectivity index (χ3v) is 4.02. The van der Waals surface area contributed by atoms with E-state index in [0.717, 1.165) is 5.92 Å². The van der Waals surface area contributed by atoms with Gasteiger partial charge in [-0.1, -0.05) is 6.92 Å². The molecular formula is C13H27N3. The molecule has 0 aliphatic carbocycles. The Bertz CT molecular complexity index is 182. The molecule has 0 spiro atoms. The van der Waals surface area contributed by atoms with Gasteiger partial charge in [-0.2, -0.15) is 0 Å². The SMILES string of the molecule is CCCN1CCN(CCC2CCNC2)CC1. The molecule has 2 aliphatic heterocycles. The molecule has 0 amide bonds. The zero-order valence-corrected chi connectivity index (χ0v) is 10.7. The minimum atomic E-state index is 0.952. The lowest BCUT2D eigenvalue weighted by molar-refractivity contribution is 0.127. The van der Waals surface area contributed by atoms with Crippen LogP contribution in [-0.4, -0.2) is 62.2 Å². The van der Waals surface area contributed by atoms with E-state index in [2.05, 4.69) is 22.0 Å². The van der Waals surface area contributed by atoms with Crippen molar-refractivity contribution in [2.24, 2.45) is 5.92 Å². The molecule has 16 heavy (non-hydrogen) atoms. The van der Waals surface area contributed by atoms with Crippen LogP contribution in [0.1, 0.15) is 26.2 Å². The van der Waals surface area contributed by atoms with Crippen molar-refractivity contribution in [1.82, 2.24) is 15.1 Å². The maximum atomic E-state index is 3.46. The van der Waals surface area contributed by atoms with Crippen molar-refractivity contribution in [2.75, 3.05) is 52.4 Å². The van der Waals surface area contributed by atoms with Gasteiger partial charge in [0.15, 0.2) is 0 Å². The van der Waals surface area contributed by atoms with E-state index in [1.54, 1.807) is 0 Å². The number of hydrogen-bond acceptors (Lipinski definition) is 3. The summed E-state index contributed by atoms with van der Waals surface area (Å²) in [5.41, 5.74) is 0. The lowest BCUT2D eigenvalue weighted by Gasteiger charge is -2.34. The zero-order chi connectivity index (χ0) is 11.2. The summed E-state index contributed by atoms with van der Waals surface area (Å²) >= 11 is 0. The Kier molecular flexibility index (Phi) is 5.07. The molecule has 0 saturated carbocycles. The van der Waals surface area contributed by atoms with Crippen molar-refractivity contribution in [3.8, 4) is 0 Å². The summed E-state index contributed by atoms with van der Waals surface area (Å²) in [6, 6.07) is 0. The summed E-state index contributed by atoms with van der Waals surface area (Å²) < 4.78 is 0. The van der Waals surface area contributed by atoms with Gasteiger partial charge in [0.05, 0.1) is 0 Å². The van der Waals surface area contributed by atoms with Crippen LogP contribution in [0.15, 0.2) is 0 Å². The fraction of sp³-hybridized carbons (Fsp3) is 1.00. The number of piperazine rings is 1. The number of hydrogen-bond donors (Lipinski definition) is 1. The van der Waals surface area contributed by atoms with Crippen LogP contribution < -0.4 is 5.32 Å². The predicted octanol–water partition coefficient (Wildman–Crippen LogP) is 1.01. The van der Waals surface area contributed by atoms with E-state index in [1.807, 2.05) is 0 Å². The highest BCUT2D eigenvalue weighted by atomic mass is 15.3. The maximum absolute atomic E-state index is 3.46. The average Bonchev–Trinajstić information content (AvgIpc) is 2.82. The Morgan fingerprint density at radius 3 is 2.31 bits per heavy atom. The summed E-state index contributed by atoms with van der Waals surface area (Å²) in [7, 11) is 0. The summed E-state index contributed by atoms with van der Waals surface area (Å²) in [4.78, 5) is 5.26. The standard InChI is InChI=1S/C13H27N3/c1-2-6-15-8-10-16(11-9-15)7-4-13-3-5-14-12-13/h13-14H,2-12H2,1H3. The first kappa shape index (κ1) is 12.3. The Hall–Kier alpha value is -0.120. The van der Waals surface area contributed by atoms with Gasteiger partial charge in [0.2, 0.25) is 0 Å². The molecule has 2 heterocycles. The summed E-state index contributed by atoms with van der Waals surface area (Å²) in [6.45, 7) is 12.6. The molecule has 1 atom stereocenters. The molecule has 2 fully saturated rings. The van der Waals surface area contributed by atoms with Crippen LogP contribution in [0.2, 0.25) is 0 Å². The second kappa shape index (κ2) is 6.58. The van der Waals surface area contributed by atoms with Gasteiger partial charge in [-0.15, -0.1) is 0 Å². The minimum absolute atomic E-state index is 0.952.